The Balaban J connectivity index is 1.60. The molecule has 0 aliphatic carbocycles. The lowest BCUT2D eigenvalue weighted by atomic mass is 10.2. The minimum absolute atomic E-state index is 0.226. The monoisotopic (exact) mass is 372 g/mol. The van der Waals surface area contributed by atoms with Crippen molar-refractivity contribution >= 4 is 34.4 Å². The van der Waals surface area contributed by atoms with E-state index in [4.69, 9.17) is 20.8 Å². The first-order valence-corrected chi connectivity index (χ1v) is 7.92. The molecule has 0 unspecified atom stereocenters. The fourth-order valence-electron chi connectivity index (χ4n) is 2.16. The number of hydrazine groups is 1. The number of fused-ring (bicyclic) bond motifs is 1. The van der Waals surface area contributed by atoms with Crippen molar-refractivity contribution in [3.05, 3.63) is 75.6 Å². The van der Waals surface area contributed by atoms with E-state index in [1.165, 1.54) is 6.07 Å². The first kappa shape index (κ1) is 17.5. The molecular weight excluding hydrogens is 360 g/mol. The summed E-state index contributed by atoms with van der Waals surface area (Å²) in [7, 11) is 0. The molecule has 8 heteroatoms. The summed E-state index contributed by atoms with van der Waals surface area (Å²) in [5.41, 5.74) is 3.64. The minimum atomic E-state index is -0.803. The van der Waals surface area contributed by atoms with Gasteiger partial charge < -0.3 is 9.15 Å². The zero-order valence-corrected chi connectivity index (χ0v) is 14.1. The van der Waals surface area contributed by atoms with Crippen LogP contribution in [0.5, 0.6) is 5.75 Å². The zero-order valence-electron chi connectivity index (χ0n) is 13.3. The van der Waals surface area contributed by atoms with E-state index < -0.39 is 17.4 Å². The molecule has 0 aliphatic rings. The number of rotatable bonds is 4. The molecular formula is C18H13ClN2O5. The number of ether oxygens (including phenoxy) is 1. The summed E-state index contributed by atoms with van der Waals surface area (Å²) in [6.45, 7) is -0.365. The van der Waals surface area contributed by atoms with Crippen LogP contribution in [0.2, 0.25) is 5.02 Å². The number of nitrogens with one attached hydrogen (secondary N) is 2. The van der Waals surface area contributed by atoms with E-state index >= 15 is 0 Å². The van der Waals surface area contributed by atoms with Crippen LogP contribution in [-0.2, 0) is 4.79 Å². The normalized spacial score (nSPS) is 10.3. The van der Waals surface area contributed by atoms with Crippen LogP contribution in [0.1, 0.15) is 10.4 Å². The molecule has 132 valence electrons. The van der Waals surface area contributed by atoms with E-state index in [1.54, 1.807) is 48.5 Å². The molecule has 0 bridgehead atoms. The van der Waals surface area contributed by atoms with E-state index in [0.717, 1.165) is 0 Å². The molecule has 0 aliphatic heterocycles. The molecule has 0 saturated carbocycles. The van der Waals surface area contributed by atoms with Gasteiger partial charge in [-0.15, -0.1) is 0 Å². The van der Waals surface area contributed by atoms with Gasteiger partial charge in [-0.25, -0.2) is 4.79 Å². The average Bonchev–Trinajstić information content (AvgIpc) is 2.65. The highest BCUT2D eigenvalue weighted by molar-refractivity contribution is 6.32. The van der Waals surface area contributed by atoms with E-state index in [1.807, 2.05) is 0 Å². The topological polar surface area (TPSA) is 97.6 Å². The second kappa shape index (κ2) is 7.71. The van der Waals surface area contributed by atoms with Gasteiger partial charge in [0.05, 0.1) is 5.02 Å². The van der Waals surface area contributed by atoms with Gasteiger partial charge in [0, 0.05) is 5.39 Å². The lowest BCUT2D eigenvalue weighted by molar-refractivity contribution is -0.123. The minimum Gasteiger partial charge on any atom is -0.482 e. The molecule has 2 aromatic carbocycles. The third-order valence-electron chi connectivity index (χ3n) is 3.40. The number of hydrogen-bond donors (Lipinski definition) is 2. The molecule has 2 N–H and O–H groups in total. The highest BCUT2D eigenvalue weighted by Gasteiger charge is 2.14. The molecule has 0 atom stereocenters. The molecule has 3 aromatic rings. The van der Waals surface area contributed by atoms with Crippen molar-refractivity contribution in [2.24, 2.45) is 0 Å². The van der Waals surface area contributed by atoms with Crippen molar-refractivity contribution in [1.82, 2.24) is 10.9 Å². The summed E-state index contributed by atoms with van der Waals surface area (Å²) < 4.78 is 10.3. The van der Waals surface area contributed by atoms with Gasteiger partial charge in [0.15, 0.2) is 6.61 Å². The Morgan fingerprint density at radius 3 is 2.58 bits per heavy atom. The first-order chi connectivity index (χ1) is 12.5. The fourth-order valence-corrected chi connectivity index (χ4v) is 2.35. The number of carbonyl (C=O) groups is 2. The van der Waals surface area contributed by atoms with E-state index in [9.17, 15) is 14.4 Å². The van der Waals surface area contributed by atoms with Crippen molar-refractivity contribution in [1.29, 1.82) is 0 Å². The molecule has 2 amide bonds. The summed E-state index contributed by atoms with van der Waals surface area (Å²) in [6, 6.07) is 14.8. The Bertz CT molecular complexity index is 1030. The third kappa shape index (κ3) is 4.01. The lowest BCUT2D eigenvalue weighted by Crippen LogP contribution is -2.45. The molecule has 0 radical (unpaired) electrons. The maximum atomic E-state index is 12.1. The van der Waals surface area contributed by atoms with Gasteiger partial charge in [0.1, 0.15) is 16.9 Å². The SMILES string of the molecule is O=C(COc1ccccc1Cl)NNC(=O)c1cc2ccccc2oc1=O. The smallest absolute Gasteiger partial charge is 0.349 e. The largest absolute Gasteiger partial charge is 0.482 e. The van der Waals surface area contributed by atoms with E-state index in [0.29, 0.717) is 21.7 Å². The van der Waals surface area contributed by atoms with Crippen LogP contribution in [0.25, 0.3) is 11.0 Å². The Labute approximate surface area is 152 Å². The van der Waals surface area contributed by atoms with Crippen molar-refractivity contribution in [2.45, 2.75) is 0 Å². The maximum Gasteiger partial charge on any atom is 0.349 e. The number of halogens is 1. The summed E-state index contributed by atoms with van der Waals surface area (Å²) >= 11 is 5.91. The first-order valence-electron chi connectivity index (χ1n) is 7.54. The quantitative estimate of drug-likeness (QED) is 0.541. The summed E-state index contributed by atoms with van der Waals surface area (Å²) in [5, 5.41) is 0.948. The molecule has 7 nitrogen and oxygen atoms in total. The average molecular weight is 373 g/mol. The van der Waals surface area contributed by atoms with Crippen LogP contribution in [0, 0.1) is 0 Å². The van der Waals surface area contributed by atoms with Crippen molar-refractivity contribution in [2.75, 3.05) is 6.61 Å². The Morgan fingerprint density at radius 2 is 1.77 bits per heavy atom. The van der Waals surface area contributed by atoms with Gasteiger partial charge in [-0.1, -0.05) is 41.9 Å². The molecule has 0 saturated heterocycles. The maximum absolute atomic E-state index is 12.1. The number of carbonyl (C=O) groups excluding carboxylic acids is 2. The van der Waals surface area contributed by atoms with Gasteiger partial charge in [0.25, 0.3) is 11.8 Å². The summed E-state index contributed by atoms with van der Waals surface area (Å²) in [5.74, 6) is -1.08. The van der Waals surface area contributed by atoms with E-state index in [2.05, 4.69) is 10.9 Å². The standard InChI is InChI=1S/C18H13ClN2O5/c19-13-6-2-4-8-15(13)25-10-16(22)20-21-17(23)12-9-11-5-1-3-7-14(11)26-18(12)24/h1-9H,10H2,(H,20,22)(H,21,23). The van der Waals surface area contributed by atoms with Crippen molar-refractivity contribution < 1.29 is 18.7 Å². The number of hydrogen-bond acceptors (Lipinski definition) is 5. The Hall–Kier alpha value is -3.32. The van der Waals surface area contributed by atoms with E-state index in [-0.39, 0.29) is 12.2 Å². The predicted molar refractivity (Wildman–Crippen MR) is 95.0 cm³/mol. The van der Waals surface area contributed by atoms with Crippen molar-refractivity contribution in [3.8, 4) is 5.75 Å². The zero-order chi connectivity index (χ0) is 18.5. The Kier molecular flexibility index (Phi) is 5.19. The van der Waals surface area contributed by atoms with Gasteiger partial charge in [-0.05, 0) is 24.3 Å². The highest BCUT2D eigenvalue weighted by atomic mass is 35.5. The number of benzene rings is 2. The van der Waals surface area contributed by atoms with Crippen molar-refractivity contribution in [3.63, 3.8) is 0 Å². The molecule has 1 aromatic heterocycles. The van der Waals surface area contributed by atoms with Crippen LogP contribution in [0.15, 0.2) is 63.8 Å². The second-order valence-electron chi connectivity index (χ2n) is 5.21. The number of para-hydroxylation sites is 2. The van der Waals surface area contributed by atoms with Gasteiger partial charge in [-0.2, -0.15) is 0 Å². The van der Waals surface area contributed by atoms with Crippen LogP contribution >= 0.6 is 11.6 Å². The molecule has 0 fully saturated rings. The second-order valence-corrected chi connectivity index (χ2v) is 5.61. The van der Waals surface area contributed by atoms with Crippen LogP contribution < -0.4 is 21.2 Å². The molecule has 3 rings (SSSR count). The van der Waals surface area contributed by atoms with Gasteiger partial charge >= 0.3 is 5.63 Å². The molecule has 1 heterocycles. The highest BCUT2D eigenvalue weighted by Crippen LogP contribution is 2.22. The van der Waals surface area contributed by atoms with Gasteiger partial charge in [0.2, 0.25) is 0 Å². The van der Waals surface area contributed by atoms with Gasteiger partial charge in [-0.3, -0.25) is 20.4 Å². The van der Waals surface area contributed by atoms with Crippen LogP contribution in [-0.4, -0.2) is 18.4 Å². The Morgan fingerprint density at radius 1 is 1.04 bits per heavy atom. The van der Waals surface area contributed by atoms with Crippen LogP contribution in [0.3, 0.4) is 0 Å². The van der Waals surface area contributed by atoms with Crippen LogP contribution in [0.4, 0.5) is 0 Å². The summed E-state index contributed by atoms with van der Waals surface area (Å²) in [4.78, 5) is 35.7. The summed E-state index contributed by atoms with van der Waals surface area (Å²) in [6.07, 6.45) is 0. The number of amides is 2. The lowest BCUT2D eigenvalue weighted by Gasteiger charge is -2.09. The molecule has 26 heavy (non-hydrogen) atoms. The fraction of sp³-hybridized carbons (Fsp3) is 0.0556. The predicted octanol–water partition coefficient (Wildman–Crippen LogP) is 2.29. The third-order valence-corrected chi connectivity index (χ3v) is 3.71. The molecule has 0 spiro atoms.